The third kappa shape index (κ3) is 4.71. The van der Waals surface area contributed by atoms with Gasteiger partial charge < -0.3 is 24.6 Å². The molecule has 1 aromatic carbocycles. The second-order valence-corrected chi connectivity index (χ2v) is 9.25. The van der Waals surface area contributed by atoms with Gasteiger partial charge in [0.25, 0.3) is 11.7 Å². The monoisotopic (exact) mass is 507 g/mol. The smallest absolute Gasteiger partial charge is 0.354 e. The molecular formula is C24H27Cl2N3O5. The molecule has 0 aliphatic carbocycles. The number of aliphatic hydroxyl groups is 1. The average Bonchev–Trinajstić information content (AvgIpc) is 3.22. The summed E-state index contributed by atoms with van der Waals surface area (Å²) >= 11 is 12.3. The van der Waals surface area contributed by atoms with Crippen molar-refractivity contribution in [2.24, 2.45) is 0 Å². The topological polar surface area (TPSA) is 103 Å². The van der Waals surface area contributed by atoms with Crippen LogP contribution in [0.25, 0.3) is 5.76 Å². The number of nitrogens with one attached hydrogen (secondary N) is 1. The van der Waals surface area contributed by atoms with Crippen molar-refractivity contribution in [1.29, 1.82) is 0 Å². The van der Waals surface area contributed by atoms with Crippen LogP contribution in [0.3, 0.4) is 0 Å². The highest BCUT2D eigenvalue weighted by atomic mass is 35.5. The summed E-state index contributed by atoms with van der Waals surface area (Å²) in [6.07, 6.45) is 0.618. The van der Waals surface area contributed by atoms with Gasteiger partial charge in [-0.25, -0.2) is 4.79 Å². The average molecular weight is 508 g/mol. The van der Waals surface area contributed by atoms with Crippen LogP contribution in [-0.4, -0.2) is 71.8 Å². The van der Waals surface area contributed by atoms with E-state index in [1.165, 1.54) is 12.0 Å². The fourth-order valence-corrected chi connectivity index (χ4v) is 4.55. The Morgan fingerprint density at radius 1 is 1.21 bits per heavy atom. The number of ether oxygens (including phenoxy) is 1. The molecule has 1 atom stereocenters. The molecule has 3 rings (SSSR count). The van der Waals surface area contributed by atoms with E-state index < -0.39 is 23.7 Å². The van der Waals surface area contributed by atoms with Crippen LogP contribution in [-0.2, 0) is 14.3 Å². The molecular weight excluding hydrogens is 481 g/mol. The number of benzene rings is 1. The number of likely N-dealkylation sites (tertiary alicyclic amines) is 1. The number of amides is 1. The lowest BCUT2D eigenvalue weighted by Crippen LogP contribution is -2.32. The zero-order valence-electron chi connectivity index (χ0n) is 19.7. The minimum Gasteiger partial charge on any atom is -0.507 e. The Morgan fingerprint density at radius 2 is 1.88 bits per heavy atom. The molecule has 2 aromatic rings. The van der Waals surface area contributed by atoms with Gasteiger partial charge in [-0.15, -0.1) is 0 Å². The first-order valence-corrected chi connectivity index (χ1v) is 11.4. The van der Waals surface area contributed by atoms with Crippen LogP contribution < -0.4 is 0 Å². The summed E-state index contributed by atoms with van der Waals surface area (Å²) < 4.78 is 4.80. The van der Waals surface area contributed by atoms with E-state index in [1.807, 2.05) is 19.0 Å². The number of methoxy groups -OCH3 is 1. The quantitative estimate of drug-likeness (QED) is 0.253. The highest BCUT2D eigenvalue weighted by molar-refractivity contribution is 6.47. The first kappa shape index (κ1) is 25.8. The number of halogens is 2. The molecule has 0 radical (unpaired) electrons. The van der Waals surface area contributed by atoms with Gasteiger partial charge in [0.15, 0.2) is 0 Å². The summed E-state index contributed by atoms with van der Waals surface area (Å²) in [4.78, 5) is 44.7. The van der Waals surface area contributed by atoms with Crippen molar-refractivity contribution >= 4 is 46.6 Å². The Kier molecular flexibility index (Phi) is 7.75. The standard InChI is InChI=1S/C24H27Cl2N3O5/c1-12-17(13(2)27-19(12)24(33)34-5)21(30)18-20(14-7-8-15(25)16(26)11-14)29(23(32)22(18)31)10-6-9-28(3)4/h7-8,11,20,27,30H,6,9-10H2,1-5H3/b21-18+. The minimum absolute atomic E-state index is 0.0742. The molecule has 34 heavy (non-hydrogen) atoms. The van der Waals surface area contributed by atoms with Gasteiger partial charge in [-0.1, -0.05) is 29.3 Å². The SMILES string of the molecule is COC(=O)c1[nH]c(C)c(/C(O)=C2\C(=O)C(=O)N(CCCN(C)C)C2c2ccc(Cl)c(Cl)c2)c1C. The van der Waals surface area contributed by atoms with E-state index >= 15 is 0 Å². The van der Waals surface area contributed by atoms with Crippen LogP contribution >= 0.6 is 23.2 Å². The van der Waals surface area contributed by atoms with E-state index in [0.717, 1.165) is 0 Å². The number of ketones is 1. The van der Waals surface area contributed by atoms with Crippen molar-refractivity contribution < 1.29 is 24.2 Å². The zero-order valence-corrected chi connectivity index (χ0v) is 21.2. The molecule has 8 nitrogen and oxygen atoms in total. The molecule has 0 saturated carbocycles. The van der Waals surface area contributed by atoms with E-state index in [1.54, 1.807) is 32.0 Å². The Balaban J connectivity index is 2.20. The summed E-state index contributed by atoms with van der Waals surface area (Å²) in [5, 5.41) is 12.0. The molecule has 182 valence electrons. The van der Waals surface area contributed by atoms with Crippen LogP contribution in [0.15, 0.2) is 23.8 Å². The molecule has 1 saturated heterocycles. The highest BCUT2D eigenvalue weighted by Crippen LogP contribution is 2.42. The molecule has 1 unspecified atom stereocenters. The number of aromatic amines is 1. The summed E-state index contributed by atoms with van der Waals surface area (Å²) in [6.45, 7) is 4.29. The predicted molar refractivity (Wildman–Crippen MR) is 130 cm³/mol. The number of esters is 1. The molecule has 2 N–H and O–H groups in total. The van der Waals surface area contributed by atoms with Crippen molar-refractivity contribution in [2.45, 2.75) is 26.3 Å². The normalized spacial score (nSPS) is 17.6. The molecule has 1 aliphatic rings. The number of carbonyl (C=O) groups is 3. The number of aromatic nitrogens is 1. The number of carbonyl (C=O) groups excluding carboxylic acids is 3. The van der Waals surface area contributed by atoms with Crippen molar-refractivity contribution in [3.8, 4) is 0 Å². The molecule has 2 heterocycles. The Bertz CT molecular complexity index is 1190. The van der Waals surface area contributed by atoms with Gasteiger partial charge in [0, 0.05) is 17.8 Å². The third-order valence-corrected chi connectivity index (χ3v) is 6.61. The van der Waals surface area contributed by atoms with Gasteiger partial charge >= 0.3 is 5.97 Å². The van der Waals surface area contributed by atoms with Crippen LogP contribution in [0.5, 0.6) is 0 Å². The van der Waals surface area contributed by atoms with Crippen molar-refractivity contribution in [1.82, 2.24) is 14.8 Å². The highest BCUT2D eigenvalue weighted by Gasteiger charge is 2.46. The molecule has 0 bridgehead atoms. The number of Topliss-reactive ketones (excluding diaryl/α,β-unsaturated/α-hetero) is 1. The number of hydrogen-bond acceptors (Lipinski definition) is 6. The second-order valence-electron chi connectivity index (χ2n) is 8.44. The van der Waals surface area contributed by atoms with E-state index in [2.05, 4.69) is 4.98 Å². The number of nitrogens with zero attached hydrogens (tertiary/aromatic N) is 2. The van der Waals surface area contributed by atoms with Crippen molar-refractivity contribution in [3.63, 3.8) is 0 Å². The lowest BCUT2D eigenvalue weighted by molar-refractivity contribution is -0.139. The number of rotatable bonds is 7. The Hall–Kier alpha value is -2.81. The largest absolute Gasteiger partial charge is 0.507 e. The maximum Gasteiger partial charge on any atom is 0.354 e. The van der Waals surface area contributed by atoms with Crippen LogP contribution in [0.4, 0.5) is 0 Å². The van der Waals surface area contributed by atoms with E-state index in [9.17, 15) is 19.5 Å². The Morgan fingerprint density at radius 3 is 2.47 bits per heavy atom. The lowest BCUT2D eigenvalue weighted by Gasteiger charge is -2.26. The fourth-order valence-electron chi connectivity index (χ4n) is 4.24. The first-order valence-electron chi connectivity index (χ1n) is 10.7. The lowest BCUT2D eigenvalue weighted by atomic mass is 9.94. The fraction of sp³-hybridized carbons (Fsp3) is 0.375. The summed E-state index contributed by atoms with van der Waals surface area (Å²) in [5.41, 5.74) is 1.77. The molecule has 10 heteroatoms. The molecule has 1 amide bonds. The zero-order chi connectivity index (χ0) is 25.3. The number of aryl methyl sites for hydroxylation is 1. The number of aliphatic hydroxyl groups excluding tert-OH is 1. The van der Waals surface area contributed by atoms with E-state index in [-0.39, 0.29) is 27.6 Å². The van der Waals surface area contributed by atoms with Gasteiger partial charge in [0.1, 0.15) is 11.5 Å². The first-order chi connectivity index (χ1) is 16.0. The molecule has 1 aliphatic heterocycles. The van der Waals surface area contributed by atoms with Crippen LogP contribution in [0.2, 0.25) is 10.0 Å². The van der Waals surface area contributed by atoms with Gasteiger partial charge in [-0.3, -0.25) is 9.59 Å². The summed E-state index contributed by atoms with van der Waals surface area (Å²) in [6, 6.07) is 3.98. The summed E-state index contributed by atoms with van der Waals surface area (Å²) in [5.74, 6) is -2.50. The van der Waals surface area contributed by atoms with Crippen LogP contribution in [0, 0.1) is 13.8 Å². The molecule has 1 fully saturated rings. The molecule has 1 aromatic heterocycles. The van der Waals surface area contributed by atoms with Gasteiger partial charge in [-0.2, -0.15) is 0 Å². The second kappa shape index (κ2) is 10.2. The number of H-pyrrole nitrogens is 1. The maximum atomic E-state index is 13.2. The van der Waals surface area contributed by atoms with Crippen molar-refractivity contribution in [3.05, 3.63) is 61.9 Å². The van der Waals surface area contributed by atoms with E-state index in [4.69, 9.17) is 27.9 Å². The Labute approximate surface area is 208 Å². The molecule has 0 spiro atoms. The number of hydrogen-bond donors (Lipinski definition) is 2. The predicted octanol–water partition coefficient (Wildman–Crippen LogP) is 4.10. The summed E-state index contributed by atoms with van der Waals surface area (Å²) in [7, 11) is 5.09. The van der Waals surface area contributed by atoms with Crippen LogP contribution in [0.1, 0.15) is 45.3 Å². The van der Waals surface area contributed by atoms with Gasteiger partial charge in [0.05, 0.1) is 28.8 Å². The van der Waals surface area contributed by atoms with Gasteiger partial charge in [-0.05, 0) is 64.2 Å². The maximum absolute atomic E-state index is 13.2. The van der Waals surface area contributed by atoms with Crippen molar-refractivity contribution in [2.75, 3.05) is 34.3 Å². The third-order valence-electron chi connectivity index (χ3n) is 5.87. The van der Waals surface area contributed by atoms with Gasteiger partial charge in [0.2, 0.25) is 0 Å². The minimum atomic E-state index is -0.868. The van der Waals surface area contributed by atoms with E-state index in [0.29, 0.717) is 41.4 Å².